The number of benzene rings is 1. The van der Waals surface area contributed by atoms with E-state index in [0.29, 0.717) is 5.75 Å². The first-order valence-electron chi connectivity index (χ1n) is 6.07. The van der Waals surface area contributed by atoms with Crippen LogP contribution in [0.15, 0.2) is 29.8 Å². The minimum Gasteiger partial charge on any atom is -0.508 e. The summed E-state index contributed by atoms with van der Waals surface area (Å²) in [5.41, 5.74) is 9.04. The van der Waals surface area contributed by atoms with Crippen LogP contribution >= 0.6 is 0 Å². The molecule has 1 heterocycles. The first kappa shape index (κ1) is 12.0. The fourth-order valence-corrected chi connectivity index (χ4v) is 2.25. The fourth-order valence-electron chi connectivity index (χ4n) is 2.25. The van der Waals surface area contributed by atoms with Crippen molar-refractivity contribution in [1.29, 1.82) is 0 Å². The fraction of sp³-hybridized carbons (Fsp3) is 0.429. The number of anilines is 1. The molecule has 0 spiro atoms. The molecule has 0 saturated carbocycles. The molecule has 17 heavy (non-hydrogen) atoms. The van der Waals surface area contributed by atoms with Crippen molar-refractivity contribution in [2.45, 2.75) is 26.3 Å². The zero-order chi connectivity index (χ0) is 12.4. The van der Waals surface area contributed by atoms with Crippen molar-refractivity contribution in [3.05, 3.63) is 35.4 Å². The Labute approximate surface area is 103 Å². The highest BCUT2D eigenvalue weighted by Gasteiger charge is 2.13. The molecule has 0 amide bonds. The summed E-state index contributed by atoms with van der Waals surface area (Å²) in [6, 6.07) is 5.64. The van der Waals surface area contributed by atoms with Crippen LogP contribution in [-0.2, 0) is 0 Å². The van der Waals surface area contributed by atoms with Gasteiger partial charge in [0.25, 0.3) is 0 Å². The number of rotatable bonds is 2. The van der Waals surface area contributed by atoms with Crippen LogP contribution in [0.4, 0.5) is 5.69 Å². The Kier molecular flexibility index (Phi) is 3.38. The minimum absolute atomic E-state index is 0.132. The lowest BCUT2D eigenvalue weighted by Gasteiger charge is -2.28. The highest BCUT2D eigenvalue weighted by Crippen LogP contribution is 2.29. The predicted molar refractivity (Wildman–Crippen MR) is 71.3 cm³/mol. The summed E-state index contributed by atoms with van der Waals surface area (Å²) >= 11 is 0. The van der Waals surface area contributed by atoms with Crippen LogP contribution in [0.2, 0.25) is 0 Å². The Morgan fingerprint density at radius 2 is 2.18 bits per heavy atom. The highest BCUT2D eigenvalue weighted by molar-refractivity contribution is 5.55. The van der Waals surface area contributed by atoms with Crippen LogP contribution in [0.25, 0.3) is 0 Å². The predicted octanol–water partition coefficient (Wildman–Crippen LogP) is 2.57. The van der Waals surface area contributed by atoms with Crippen LogP contribution < -0.4 is 10.6 Å². The number of phenolic OH excluding ortho intramolecular Hbond substituents is 1. The summed E-state index contributed by atoms with van der Waals surface area (Å²) in [7, 11) is 0. The molecule has 2 rings (SSSR count). The molecule has 1 atom stereocenters. The largest absolute Gasteiger partial charge is 0.508 e. The van der Waals surface area contributed by atoms with Crippen molar-refractivity contribution in [3.8, 4) is 5.75 Å². The zero-order valence-electron chi connectivity index (χ0n) is 10.5. The maximum atomic E-state index is 9.94. The van der Waals surface area contributed by atoms with Gasteiger partial charge in [-0.1, -0.05) is 17.7 Å². The third-order valence-corrected chi connectivity index (χ3v) is 3.20. The number of phenols is 1. The molecule has 1 aliphatic heterocycles. The average Bonchev–Trinajstić information content (AvgIpc) is 2.28. The summed E-state index contributed by atoms with van der Waals surface area (Å²) in [4.78, 5) is 2.28. The monoisotopic (exact) mass is 232 g/mol. The van der Waals surface area contributed by atoms with E-state index in [-0.39, 0.29) is 6.04 Å². The SMILES string of the molecule is CC1=CCCN(c2ccc(C(C)N)c(O)c2)C1. The Bertz CT molecular complexity index is 438. The molecular formula is C14H20N2O. The topological polar surface area (TPSA) is 49.5 Å². The van der Waals surface area contributed by atoms with E-state index in [1.807, 2.05) is 25.1 Å². The molecule has 92 valence electrons. The van der Waals surface area contributed by atoms with Crippen LogP contribution in [-0.4, -0.2) is 18.2 Å². The van der Waals surface area contributed by atoms with Crippen molar-refractivity contribution < 1.29 is 5.11 Å². The lowest BCUT2D eigenvalue weighted by molar-refractivity contribution is 0.463. The molecule has 0 bridgehead atoms. The lowest BCUT2D eigenvalue weighted by Crippen LogP contribution is -2.29. The second kappa shape index (κ2) is 4.80. The maximum absolute atomic E-state index is 9.94. The Hall–Kier alpha value is -1.48. The molecule has 3 nitrogen and oxygen atoms in total. The summed E-state index contributed by atoms with van der Waals surface area (Å²) in [5, 5.41) is 9.94. The van der Waals surface area contributed by atoms with Crippen LogP contribution in [0.5, 0.6) is 5.75 Å². The van der Waals surface area contributed by atoms with Gasteiger partial charge in [-0.2, -0.15) is 0 Å². The second-order valence-corrected chi connectivity index (χ2v) is 4.79. The Balaban J connectivity index is 2.23. The number of nitrogens with zero attached hydrogens (tertiary/aromatic N) is 1. The first-order chi connectivity index (χ1) is 8.08. The Morgan fingerprint density at radius 1 is 1.41 bits per heavy atom. The van der Waals surface area contributed by atoms with E-state index < -0.39 is 0 Å². The maximum Gasteiger partial charge on any atom is 0.122 e. The number of hydrogen-bond donors (Lipinski definition) is 2. The number of hydrogen-bond acceptors (Lipinski definition) is 3. The summed E-state index contributed by atoms with van der Waals surface area (Å²) in [6.07, 6.45) is 3.34. The molecule has 1 aliphatic rings. The molecule has 0 saturated heterocycles. The van der Waals surface area contributed by atoms with Crippen LogP contribution in [0.3, 0.4) is 0 Å². The van der Waals surface area contributed by atoms with E-state index in [9.17, 15) is 5.11 Å². The van der Waals surface area contributed by atoms with Gasteiger partial charge in [0.05, 0.1) is 0 Å². The van der Waals surface area contributed by atoms with Gasteiger partial charge in [0, 0.05) is 36.4 Å². The van der Waals surface area contributed by atoms with Crippen molar-refractivity contribution in [1.82, 2.24) is 0 Å². The third kappa shape index (κ3) is 2.61. The first-order valence-corrected chi connectivity index (χ1v) is 6.07. The minimum atomic E-state index is -0.132. The molecule has 1 aromatic carbocycles. The average molecular weight is 232 g/mol. The number of nitrogens with two attached hydrogens (primary N) is 1. The van der Waals surface area contributed by atoms with Gasteiger partial charge in [-0.05, 0) is 26.3 Å². The van der Waals surface area contributed by atoms with Crippen molar-refractivity contribution >= 4 is 5.69 Å². The van der Waals surface area contributed by atoms with Gasteiger partial charge in [0.2, 0.25) is 0 Å². The van der Waals surface area contributed by atoms with E-state index in [0.717, 1.165) is 30.8 Å². The van der Waals surface area contributed by atoms with Gasteiger partial charge in [-0.25, -0.2) is 0 Å². The molecule has 0 aromatic heterocycles. The smallest absolute Gasteiger partial charge is 0.122 e. The van der Waals surface area contributed by atoms with Crippen LogP contribution in [0.1, 0.15) is 31.9 Å². The third-order valence-electron chi connectivity index (χ3n) is 3.20. The lowest BCUT2D eigenvalue weighted by atomic mass is 10.1. The molecule has 0 aliphatic carbocycles. The van der Waals surface area contributed by atoms with Gasteiger partial charge >= 0.3 is 0 Å². The van der Waals surface area contributed by atoms with E-state index in [2.05, 4.69) is 17.9 Å². The molecule has 0 radical (unpaired) electrons. The van der Waals surface area contributed by atoms with E-state index >= 15 is 0 Å². The van der Waals surface area contributed by atoms with E-state index in [4.69, 9.17) is 5.73 Å². The molecule has 3 heteroatoms. The van der Waals surface area contributed by atoms with E-state index in [1.165, 1.54) is 5.57 Å². The molecular weight excluding hydrogens is 212 g/mol. The van der Waals surface area contributed by atoms with Gasteiger partial charge in [-0.15, -0.1) is 0 Å². The number of aromatic hydroxyl groups is 1. The van der Waals surface area contributed by atoms with Crippen molar-refractivity contribution in [2.75, 3.05) is 18.0 Å². The molecule has 0 fully saturated rings. The second-order valence-electron chi connectivity index (χ2n) is 4.79. The quantitative estimate of drug-likeness (QED) is 0.770. The summed E-state index contributed by atoms with van der Waals surface area (Å²) in [5.74, 6) is 0.296. The van der Waals surface area contributed by atoms with Gasteiger partial charge in [-0.3, -0.25) is 0 Å². The zero-order valence-corrected chi connectivity index (χ0v) is 10.5. The van der Waals surface area contributed by atoms with E-state index in [1.54, 1.807) is 0 Å². The molecule has 3 N–H and O–H groups in total. The van der Waals surface area contributed by atoms with Crippen molar-refractivity contribution in [2.24, 2.45) is 5.73 Å². The van der Waals surface area contributed by atoms with Crippen LogP contribution in [0, 0.1) is 0 Å². The summed E-state index contributed by atoms with van der Waals surface area (Å²) < 4.78 is 0. The highest BCUT2D eigenvalue weighted by atomic mass is 16.3. The standard InChI is InChI=1S/C14H20N2O/c1-10-4-3-7-16(9-10)12-5-6-13(11(2)15)14(17)8-12/h4-6,8,11,17H,3,7,9,15H2,1-2H3. The normalized spacial score (nSPS) is 17.8. The molecule has 1 aromatic rings. The van der Waals surface area contributed by atoms with Gasteiger partial charge < -0.3 is 15.7 Å². The van der Waals surface area contributed by atoms with Gasteiger partial charge in [0.1, 0.15) is 5.75 Å². The summed E-state index contributed by atoms with van der Waals surface area (Å²) in [6.45, 7) is 5.97. The Morgan fingerprint density at radius 3 is 2.76 bits per heavy atom. The van der Waals surface area contributed by atoms with Crippen molar-refractivity contribution in [3.63, 3.8) is 0 Å². The molecule has 1 unspecified atom stereocenters. The van der Waals surface area contributed by atoms with Gasteiger partial charge in [0.15, 0.2) is 0 Å².